The van der Waals surface area contributed by atoms with Crippen molar-refractivity contribution in [1.82, 2.24) is 24.7 Å². The van der Waals surface area contributed by atoms with E-state index in [0.717, 1.165) is 42.6 Å². The molecule has 7 heteroatoms. The lowest BCUT2D eigenvalue weighted by Crippen LogP contribution is -2.51. The number of nitrogens with two attached hydrogens (primary N) is 1. The fourth-order valence-corrected chi connectivity index (χ4v) is 3.21. The number of para-hydroxylation sites is 1. The van der Waals surface area contributed by atoms with Crippen molar-refractivity contribution in [2.45, 2.75) is 19.9 Å². The van der Waals surface area contributed by atoms with Crippen LogP contribution in [0.5, 0.6) is 0 Å². The third-order valence-corrected chi connectivity index (χ3v) is 4.59. The maximum atomic E-state index is 6.08. The molecule has 0 radical (unpaired) electrons. The third kappa shape index (κ3) is 2.55. The number of anilines is 1. The highest BCUT2D eigenvalue weighted by atomic mass is 16.8. The van der Waals surface area contributed by atoms with Crippen LogP contribution in [0.25, 0.3) is 21.9 Å². The van der Waals surface area contributed by atoms with E-state index < -0.39 is 0 Å². The molecule has 2 aromatic heterocycles. The summed E-state index contributed by atoms with van der Waals surface area (Å²) < 4.78 is 1.71. The highest BCUT2D eigenvalue weighted by molar-refractivity contribution is 6.06. The number of hydrogen-bond acceptors (Lipinski definition) is 6. The van der Waals surface area contributed by atoms with Crippen molar-refractivity contribution in [2.24, 2.45) is 0 Å². The summed E-state index contributed by atoms with van der Waals surface area (Å²) in [5, 5.41) is 2.96. The van der Waals surface area contributed by atoms with Gasteiger partial charge >= 0.3 is 0 Å². The number of piperazine rings is 1. The number of fused-ring (bicyclic) bond motifs is 3. The molecule has 1 aromatic carbocycles. The maximum absolute atomic E-state index is 6.08. The Bertz CT molecular complexity index is 866. The zero-order valence-corrected chi connectivity index (χ0v) is 14.0. The van der Waals surface area contributed by atoms with Gasteiger partial charge in [-0.3, -0.25) is 4.90 Å². The van der Waals surface area contributed by atoms with Crippen LogP contribution in [0.4, 0.5) is 5.82 Å². The van der Waals surface area contributed by atoms with E-state index in [2.05, 4.69) is 28.7 Å². The molecule has 4 rings (SSSR count). The number of nitrogens with zero attached hydrogens (tertiary/aromatic N) is 5. The van der Waals surface area contributed by atoms with Gasteiger partial charge in [-0.1, -0.05) is 18.2 Å². The monoisotopic (exact) mass is 326 g/mol. The van der Waals surface area contributed by atoms with Crippen LogP contribution in [0.3, 0.4) is 0 Å². The molecule has 1 aliphatic heterocycles. The van der Waals surface area contributed by atoms with Gasteiger partial charge in [0, 0.05) is 37.6 Å². The summed E-state index contributed by atoms with van der Waals surface area (Å²) >= 11 is 0. The first-order chi connectivity index (χ1) is 11.6. The highest BCUT2D eigenvalue weighted by Gasteiger charge is 2.21. The van der Waals surface area contributed by atoms with Crippen LogP contribution in [0.1, 0.15) is 13.8 Å². The molecule has 1 fully saturated rings. The lowest BCUT2D eigenvalue weighted by atomic mass is 10.2. The van der Waals surface area contributed by atoms with Crippen LogP contribution >= 0.6 is 0 Å². The molecule has 1 aliphatic rings. The van der Waals surface area contributed by atoms with E-state index in [9.17, 15) is 0 Å². The van der Waals surface area contributed by atoms with Gasteiger partial charge < -0.3 is 10.7 Å². The average molecular weight is 326 g/mol. The number of rotatable bonds is 3. The molecule has 2 N–H and O–H groups in total. The summed E-state index contributed by atoms with van der Waals surface area (Å²) in [5.41, 5.74) is 8.44. The smallest absolute Gasteiger partial charge is 0.152 e. The molecule has 0 amide bonds. The van der Waals surface area contributed by atoms with Gasteiger partial charge in [-0.25, -0.2) is 9.97 Å². The Morgan fingerprint density at radius 2 is 1.88 bits per heavy atom. The summed E-state index contributed by atoms with van der Waals surface area (Å²) in [6, 6.07) is 8.47. The summed E-state index contributed by atoms with van der Waals surface area (Å²) in [6.45, 7) is 8.15. The number of hydrogen-bond donors (Lipinski definition) is 1. The number of aromatic nitrogens is 3. The second kappa shape index (κ2) is 5.92. The number of imidazole rings is 1. The predicted molar refractivity (Wildman–Crippen MR) is 94.3 cm³/mol. The van der Waals surface area contributed by atoms with Crippen LogP contribution in [0, 0.1) is 0 Å². The Morgan fingerprint density at radius 3 is 2.62 bits per heavy atom. The second-order valence-electron chi connectivity index (χ2n) is 6.42. The Morgan fingerprint density at radius 1 is 1.12 bits per heavy atom. The van der Waals surface area contributed by atoms with E-state index in [0.29, 0.717) is 17.4 Å². The lowest BCUT2D eigenvalue weighted by molar-refractivity contribution is -0.177. The maximum Gasteiger partial charge on any atom is 0.152 e. The van der Waals surface area contributed by atoms with Crippen molar-refractivity contribution in [2.75, 3.05) is 31.9 Å². The van der Waals surface area contributed by atoms with Gasteiger partial charge in [0.25, 0.3) is 0 Å². The molecule has 3 aromatic rings. The number of hydroxylamine groups is 2. The summed E-state index contributed by atoms with van der Waals surface area (Å²) in [7, 11) is 0. The van der Waals surface area contributed by atoms with Crippen molar-refractivity contribution >= 4 is 27.8 Å². The first-order valence-corrected chi connectivity index (χ1v) is 8.32. The van der Waals surface area contributed by atoms with Crippen molar-refractivity contribution in [3.05, 3.63) is 30.6 Å². The van der Waals surface area contributed by atoms with E-state index in [-0.39, 0.29) is 0 Å². The molecular formula is C17H22N6O. The van der Waals surface area contributed by atoms with Crippen molar-refractivity contribution in [3.8, 4) is 0 Å². The minimum atomic E-state index is 0.427. The molecular weight excluding hydrogens is 304 g/mol. The fraction of sp³-hybridized carbons (Fsp3) is 0.412. The molecule has 0 saturated carbocycles. The van der Waals surface area contributed by atoms with Gasteiger partial charge in [-0.2, -0.15) is 0 Å². The predicted octanol–water partition coefficient (Wildman–Crippen LogP) is 1.54. The highest BCUT2D eigenvalue weighted by Crippen LogP contribution is 2.26. The first kappa shape index (κ1) is 15.2. The molecule has 0 unspecified atom stereocenters. The molecule has 1 saturated heterocycles. The zero-order chi connectivity index (χ0) is 16.7. The van der Waals surface area contributed by atoms with Crippen LogP contribution in [-0.4, -0.2) is 56.9 Å². The minimum Gasteiger partial charge on any atom is -0.382 e. The summed E-state index contributed by atoms with van der Waals surface area (Å²) in [5.74, 6) is 0.427. The van der Waals surface area contributed by atoms with E-state index in [1.54, 1.807) is 11.1 Å². The van der Waals surface area contributed by atoms with Crippen LogP contribution in [0.2, 0.25) is 0 Å². The molecule has 7 nitrogen and oxygen atoms in total. The number of nitrogen functional groups attached to an aromatic ring is 1. The first-order valence-electron chi connectivity index (χ1n) is 8.32. The van der Waals surface area contributed by atoms with Crippen LogP contribution in [0.15, 0.2) is 30.6 Å². The average Bonchev–Trinajstić information content (AvgIpc) is 3.00. The molecule has 126 valence electrons. The zero-order valence-electron chi connectivity index (χ0n) is 14.0. The van der Waals surface area contributed by atoms with Crippen molar-refractivity contribution in [1.29, 1.82) is 0 Å². The Labute approximate surface area is 140 Å². The normalized spacial score (nSPS) is 17.1. The Hall–Kier alpha value is -2.38. The van der Waals surface area contributed by atoms with Gasteiger partial charge in [0.1, 0.15) is 17.4 Å². The number of pyridine rings is 1. The van der Waals surface area contributed by atoms with E-state index in [1.165, 1.54) is 0 Å². The van der Waals surface area contributed by atoms with E-state index >= 15 is 0 Å². The van der Waals surface area contributed by atoms with Gasteiger partial charge in [-0.15, -0.1) is 9.79 Å². The molecule has 3 heterocycles. The number of benzene rings is 1. The standard InChI is InChI=1S/C17H22N6O/c1-12(2)21-7-9-22(10-8-21)24-23-11-19-15-16(23)13-5-3-4-6-14(13)20-17(15)18/h3-6,11-12H,7-10H2,1-2H3,(H2,18,20). The van der Waals surface area contributed by atoms with E-state index in [4.69, 9.17) is 10.7 Å². The van der Waals surface area contributed by atoms with Crippen LogP contribution < -0.4 is 10.7 Å². The summed E-state index contributed by atoms with van der Waals surface area (Å²) in [4.78, 5) is 17.3. The quantitative estimate of drug-likeness (QED) is 0.787. The van der Waals surface area contributed by atoms with Gasteiger partial charge in [0.15, 0.2) is 5.82 Å². The topological polar surface area (TPSA) is 72.4 Å². The fourth-order valence-electron chi connectivity index (χ4n) is 3.21. The minimum absolute atomic E-state index is 0.427. The van der Waals surface area contributed by atoms with Gasteiger partial charge in [0.2, 0.25) is 0 Å². The second-order valence-corrected chi connectivity index (χ2v) is 6.42. The van der Waals surface area contributed by atoms with Crippen molar-refractivity contribution < 1.29 is 4.94 Å². The van der Waals surface area contributed by atoms with Gasteiger partial charge in [-0.05, 0) is 19.9 Å². The molecule has 24 heavy (non-hydrogen) atoms. The Balaban J connectivity index is 1.66. The largest absolute Gasteiger partial charge is 0.382 e. The molecule has 0 aliphatic carbocycles. The molecule has 0 atom stereocenters. The van der Waals surface area contributed by atoms with Gasteiger partial charge in [0.05, 0.1) is 5.52 Å². The Kier molecular flexibility index (Phi) is 3.74. The third-order valence-electron chi connectivity index (χ3n) is 4.59. The summed E-state index contributed by atoms with van der Waals surface area (Å²) in [6.07, 6.45) is 1.67. The molecule has 0 bridgehead atoms. The van der Waals surface area contributed by atoms with Crippen LogP contribution in [-0.2, 0) is 0 Å². The SMILES string of the molecule is CC(C)N1CCN(On2cnc3c(N)nc4ccccc4c32)CC1. The van der Waals surface area contributed by atoms with E-state index in [1.807, 2.05) is 29.3 Å². The lowest BCUT2D eigenvalue weighted by Gasteiger charge is -2.35. The molecule has 0 spiro atoms. The van der Waals surface area contributed by atoms with Crippen molar-refractivity contribution in [3.63, 3.8) is 0 Å².